The van der Waals surface area contributed by atoms with Crippen molar-refractivity contribution in [1.82, 2.24) is 0 Å². The minimum Gasteiger partial charge on any atom is -0.206 e. The number of rotatable bonds is 6. The largest absolute Gasteiger partial charge is 0.301 e. The zero-order chi connectivity index (χ0) is 15.9. The Labute approximate surface area is 132 Å². The lowest BCUT2D eigenvalue weighted by atomic mass is 9.68. The van der Waals surface area contributed by atoms with Crippen LogP contribution in [0.1, 0.15) is 70.6 Å². The van der Waals surface area contributed by atoms with Gasteiger partial charge in [0, 0.05) is 5.92 Å². The first-order valence-corrected chi connectivity index (χ1v) is 8.93. The molecule has 0 spiro atoms. The van der Waals surface area contributed by atoms with E-state index >= 15 is 0 Å². The molecule has 0 N–H and O–H groups in total. The molecule has 0 atom stereocenters. The van der Waals surface area contributed by atoms with E-state index in [0.29, 0.717) is 18.8 Å². The van der Waals surface area contributed by atoms with Crippen molar-refractivity contribution < 1.29 is 13.2 Å². The van der Waals surface area contributed by atoms with Gasteiger partial charge in [0.2, 0.25) is 0 Å². The molecule has 0 aromatic carbocycles. The van der Waals surface area contributed by atoms with Crippen molar-refractivity contribution in [2.45, 2.75) is 70.6 Å². The van der Waals surface area contributed by atoms with Crippen LogP contribution in [0.15, 0.2) is 24.6 Å². The van der Waals surface area contributed by atoms with Crippen LogP contribution in [-0.2, 0) is 0 Å². The first-order chi connectivity index (χ1) is 10.6. The second kappa shape index (κ2) is 8.79. The zero-order valence-corrected chi connectivity index (χ0v) is 13.5. The van der Waals surface area contributed by atoms with Gasteiger partial charge in [0.15, 0.2) is 5.83 Å². The lowest BCUT2D eigenvalue weighted by Crippen LogP contribution is -2.26. The van der Waals surface area contributed by atoms with Crippen molar-refractivity contribution >= 4 is 0 Å². The van der Waals surface area contributed by atoms with E-state index in [1.165, 1.54) is 38.5 Å². The molecular formula is C19H29F3. The molecule has 126 valence electrons. The monoisotopic (exact) mass is 314 g/mol. The molecular weight excluding hydrogens is 285 g/mol. The maximum Gasteiger partial charge on any atom is 0.301 e. The van der Waals surface area contributed by atoms with Crippen LogP contribution in [0.4, 0.5) is 13.2 Å². The number of halogens is 3. The molecule has 0 aromatic heterocycles. The maximum atomic E-state index is 13.3. The summed E-state index contributed by atoms with van der Waals surface area (Å²) in [5.74, 6) is 0.592. The van der Waals surface area contributed by atoms with Crippen LogP contribution in [0.2, 0.25) is 0 Å². The molecule has 2 rings (SSSR count). The summed E-state index contributed by atoms with van der Waals surface area (Å²) >= 11 is 0. The fraction of sp³-hybridized carbons (Fsp3) is 0.789. The smallest absolute Gasteiger partial charge is 0.206 e. The van der Waals surface area contributed by atoms with Crippen molar-refractivity contribution in [3.63, 3.8) is 0 Å². The molecule has 0 saturated heterocycles. The normalized spacial score (nSPS) is 32.5. The lowest BCUT2D eigenvalue weighted by molar-refractivity contribution is 0.142. The van der Waals surface area contributed by atoms with Gasteiger partial charge < -0.3 is 0 Å². The van der Waals surface area contributed by atoms with E-state index in [4.69, 9.17) is 0 Å². The summed E-state index contributed by atoms with van der Waals surface area (Å²) < 4.78 is 38.0. The highest BCUT2D eigenvalue weighted by atomic mass is 19.3. The molecule has 22 heavy (non-hydrogen) atoms. The Bertz CT molecular complexity index is 368. The molecule has 0 heterocycles. The molecule has 0 nitrogen and oxygen atoms in total. The predicted octanol–water partition coefficient (Wildman–Crippen LogP) is 7.03. The van der Waals surface area contributed by atoms with Gasteiger partial charge in [0.05, 0.1) is 0 Å². The van der Waals surface area contributed by atoms with Crippen molar-refractivity contribution in [2.24, 2.45) is 23.7 Å². The van der Waals surface area contributed by atoms with E-state index in [1.54, 1.807) is 0 Å². The van der Waals surface area contributed by atoms with Crippen LogP contribution in [0.25, 0.3) is 0 Å². The summed E-state index contributed by atoms with van der Waals surface area (Å²) in [6.07, 6.45) is 11.8. The maximum absolute atomic E-state index is 13.3. The van der Waals surface area contributed by atoms with Gasteiger partial charge in [-0.15, -0.1) is 6.58 Å². The first kappa shape index (κ1) is 17.6. The first-order valence-electron chi connectivity index (χ1n) is 8.93. The Hall–Kier alpha value is -0.730. The third-order valence-electron chi connectivity index (χ3n) is 5.89. The molecule has 0 bridgehead atoms. The predicted molar refractivity (Wildman–Crippen MR) is 85.3 cm³/mol. The number of allylic oxidation sites excluding steroid dienone is 2. The van der Waals surface area contributed by atoms with Crippen LogP contribution in [0.3, 0.4) is 0 Å². The fourth-order valence-corrected chi connectivity index (χ4v) is 4.50. The second-order valence-corrected chi connectivity index (χ2v) is 7.22. The molecule has 0 radical (unpaired) electrons. The Balaban J connectivity index is 1.70. The summed E-state index contributed by atoms with van der Waals surface area (Å²) in [6, 6.07) is 0. The summed E-state index contributed by atoms with van der Waals surface area (Å²) in [5, 5.41) is 0. The van der Waals surface area contributed by atoms with Crippen LogP contribution in [0, 0.1) is 23.7 Å². The zero-order valence-electron chi connectivity index (χ0n) is 13.5. The highest BCUT2D eigenvalue weighted by Gasteiger charge is 2.32. The van der Waals surface area contributed by atoms with Crippen molar-refractivity contribution in [1.29, 1.82) is 0 Å². The Morgan fingerprint density at radius 2 is 1.41 bits per heavy atom. The molecule has 2 saturated carbocycles. The van der Waals surface area contributed by atoms with E-state index in [-0.39, 0.29) is 0 Å². The summed E-state index contributed by atoms with van der Waals surface area (Å²) in [7, 11) is 0. The molecule has 2 fully saturated rings. The quantitative estimate of drug-likeness (QED) is 0.364. The molecule has 0 unspecified atom stereocenters. The van der Waals surface area contributed by atoms with E-state index in [0.717, 1.165) is 31.1 Å². The SMILES string of the molecule is C=CCCCC1CCC(C2CCC(C(F)=C(F)F)CC2)CC1. The number of unbranched alkanes of at least 4 members (excludes halogenated alkanes) is 1. The average molecular weight is 314 g/mol. The van der Waals surface area contributed by atoms with Crippen LogP contribution in [-0.4, -0.2) is 0 Å². The van der Waals surface area contributed by atoms with Crippen LogP contribution >= 0.6 is 0 Å². The number of hydrogen-bond donors (Lipinski definition) is 0. The highest BCUT2D eigenvalue weighted by Crippen LogP contribution is 2.44. The Morgan fingerprint density at radius 1 is 0.864 bits per heavy atom. The second-order valence-electron chi connectivity index (χ2n) is 7.22. The molecule has 2 aliphatic carbocycles. The van der Waals surface area contributed by atoms with E-state index < -0.39 is 17.8 Å². The Kier molecular flexibility index (Phi) is 7.04. The molecule has 0 aliphatic heterocycles. The van der Waals surface area contributed by atoms with Gasteiger partial charge in [-0.3, -0.25) is 0 Å². The van der Waals surface area contributed by atoms with Crippen molar-refractivity contribution in [2.75, 3.05) is 0 Å². The van der Waals surface area contributed by atoms with Gasteiger partial charge in [0.25, 0.3) is 0 Å². The summed E-state index contributed by atoms with van der Waals surface area (Å²) in [6.45, 7) is 3.77. The van der Waals surface area contributed by atoms with Gasteiger partial charge in [-0.2, -0.15) is 8.78 Å². The standard InChI is InChI=1S/C19H29F3/c1-2-3-4-5-14-6-8-15(9-7-14)16-10-12-17(13-11-16)18(20)19(21)22/h2,14-17H,1,3-13H2. The lowest BCUT2D eigenvalue weighted by Gasteiger charge is -2.37. The van der Waals surface area contributed by atoms with Gasteiger partial charge in [-0.1, -0.05) is 25.3 Å². The topological polar surface area (TPSA) is 0 Å². The molecule has 0 aromatic rings. The van der Waals surface area contributed by atoms with E-state index in [9.17, 15) is 13.2 Å². The Morgan fingerprint density at radius 3 is 1.91 bits per heavy atom. The fourth-order valence-electron chi connectivity index (χ4n) is 4.50. The van der Waals surface area contributed by atoms with Gasteiger partial charge >= 0.3 is 6.08 Å². The highest BCUT2D eigenvalue weighted by molar-refractivity contribution is 5.00. The van der Waals surface area contributed by atoms with E-state index in [2.05, 4.69) is 6.58 Å². The van der Waals surface area contributed by atoms with Gasteiger partial charge in [-0.25, -0.2) is 4.39 Å². The summed E-state index contributed by atoms with van der Waals surface area (Å²) in [4.78, 5) is 0. The minimum atomic E-state index is -2.11. The van der Waals surface area contributed by atoms with Gasteiger partial charge in [-0.05, 0) is 69.1 Å². The summed E-state index contributed by atoms with van der Waals surface area (Å²) in [5.41, 5.74) is 0. The van der Waals surface area contributed by atoms with Crippen LogP contribution in [0.5, 0.6) is 0 Å². The minimum absolute atomic E-state index is 0.517. The van der Waals surface area contributed by atoms with Crippen molar-refractivity contribution in [3.05, 3.63) is 24.6 Å². The van der Waals surface area contributed by atoms with Gasteiger partial charge in [0.1, 0.15) is 0 Å². The third kappa shape index (κ3) is 4.89. The third-order valence-corrected chi connectivity index (χ3v) is 5.89. The molecule has 2 aliphatic rings. The number of hydrogen-bond acceptors (Lipinski definition) is 0. The van der Waals surface area contributed by atoms with Crippen LogP contribution < -0.4 is 0 Å². The van der Waals surface area contributed by atoms with E-state index in [1.807, 2.05) is 6.08 Å². The van der Waals surface area contributed by atoms with Crippen molar-refractivity contribution in [3.8, 4) is 0 Å². The molecule has 3 heteroatoms. The molecule has 0 amide bonds. The average Bonchev–Trinajstić information content (AvgIpc) is 2.55.